The molecule has 0 saturated heterocycles. The van der Waals surface area contributed by atoms with Crippen molar-refractivity contribution in [1.82, 2.24) is 0 Å². The lowest BCUT2D eigenvalue weighted by Crippen LogP contribution is -2.57. The van der Waals surface area contributed by atoms with Crippen molar-refractivity contribution >= 4 is 69.6 Å². The summed E-state index contributed by atoms with van der Waals surface area (Å²) in [5.74, 6) is 0. The van der Waals surface area contributed by atoms with Crippen LogP contribution in [0.4, 0.5) is 0 Å². The lowest BCUT2D eigenvalue weighted by molar-refractivity contribution is 0.151. The van der Waals surface area contributed by atoms with Gasteiger partial charge >= 0.3 is 0 Å². The molecule has 0 nitrogen and oxygen atoms in total. The SMILES string of the molecule is CC1(C)C2(C)CC(Cl)C1(Cl)C(Cl)(Cl)C2(Cl)Cl. The average molecular weight is 345 g/mol. The fourth-order valence-corrected chi connectivity index (χ4v) is 6.69. The summed E-state index contributed by atoms with van der Waals surface area (Å²) in [5.41, 5.74) is -0.984. The molecule has 3 unspecified atom stereocenters. The molecule has 0 aliphatic heterocycles. The summed E-state index contributed by atoms with van der Waals surface area (Å²) in [7, 11) is 0. The fourth-order valence-electron chi connectivity index (χ4n) is 3.23. The summed E-state index contributed by atoms with van der Waals surface area (Å²) in [6, 6.07) is 0. The highest BCUT2D eigenvalue weighted by molar-refractivity contribution is 6.67. The number of hydrogen-bond donors (Lipinski definition) is 0. The molecule has 0 spiro atoms. The molecule has 2 aliphatic rings. The molecular formula is C10H12Cl6. The summed E-state index contributed by atoms with van der Waals surface area (Å²) >= 11 is 38.5. The summed E-state index contributed by atoms with van der Waals surface area (Å²) in [4.78, 5) is -1.04. The Labute approximate surface area is 126 Å². The number of rotatable bonds is 0. The van der Waals surface area contributed by atoms with E-state index in [0.717, 1.165) is 0 Å². The zero-order valence-electron chi connectivity index (χ0n) is 9.05. The van der Waals surface area contributed by atoms with E-state index < -0.39 is 24.4 Å². The quantitative estimate of drug-likeness (QED) is 0.518. The van der Waals surface area contributed by atoms with Gasteiger partial charge in [-0.05, 0) is 11.8 Å². The predicted molar refractivity (Wildman–Crippen MR) is 73.6 cm³/mol. The Morgan fingerprint density at radius 3 is 1.56 bits per heavy atom. The van der Waals surface area contributed by atoms with E-state index in [1.165, 1.54) is 0 Å². The number of hydrogen-bond acceptors (Lipinski definition) is 0. The molecule has 3 atom stereocenters. The number of alkyl halides is 6. The second kappa shape index (κ2) is 3.25. The van der Waals surface area contributed by atoms with Crippen LogP contribution in [0.3, 0.4) is 0 Å². The molecule has 0 N–H and O–H groups in total. The molecule has 2 saturated carbocycles. The Morgan fingerprint density at radius 1 is 0.875 bits per heavy atom. The Kier molecular flexibility index (Phi) is 2.87. The van der Waals surface area contributed by atoms with Crippen molar-refractivity contribution in [2.45, 2.75) is 46.1 Å². The van der Waals surface area contributed by atoms with Crippen LogP contribution in [0, 0.1) is 10.8 Å². The molecule has 0 aromatic carbocycles. The van der Waals surface area contributed by atoms with E-state index in [1.54, 1.807) is 0 Å². The largest absolute Gasteiger partial charge is 0.172 e. The van der Waals surface area contributed by atoms with Crippen molar-refractivity contribution in [3.8, 4) is 0 Å². The molecule has 94 valence electrons. The van der Waals surface area contributed by atoms with E-state index in [-0.39, 0.29) is 5.38 Å². The van der Waals surface area contributed by atoms with Crippen LogP contribution in [0.5, 0.6) is 0 Å². The summed E-state index contributed by atoms with van der Waals surface area (Å²) < 4.78 is -2.80. The summed E-state index contributed by atoms with van der Waals surface area (Å²) in [6.45, 7) is 5.88. The van der Waals surface area contributed by atoms with Crippen LogP contribution in [0.2, 0.25) is 0 Å². The van der Waals surface area contributed by atoms with Crippen molar-refractivity contribution in [3.05, 3.63) is 0 Å². The second-order valence-electron chi connectivity index (χ2n) is 5.49. The Balaban J connectivity index is 2.77. The summed E-state index contributed by atoms with van der Waals surface area (Å²) in [6.07, 6.45) is 0.596. The predicted octanol–water partition coefficient (Wildman–Crippen LogP) is 5.37. The number of halogens is 6. The third-order valence-electron chi connectivity index (χ3n) is 4.85. The van der Waals surface area contributed by atoms with Crippen LogP contribution in [0.1, 0.15) is 27.2 Å². The van der Waals surface area contributed by atoms with E-state index in [0.29, 0.717) is 6.42 Å². The van der Waals surface area contributed by atoms with Crippen LogP contribution >= 0.6 is 69.6 Å². The van der Waals surface area contributed by atoms with Gasteiger partial charge in [0, 0.05) is 5.41 Å². The van der Waals surface area contributed by atoms with Gasteiger partial charge in [0.1, 0.15) is 4.87 Å². The zero-order chi connectivity index (χ0) is 12.8. The van der Waals surface area contributed by atoms with Crippen LogP contribution in [0.25, 0.3) is 0 Å². The van der Waals surface area contributed by atoms with Crippen molar-refractivity contribution < 1.29 is 0 Å². The van der Waals surface area contributed by atoms with Gasteiger partial charge in [-0.15, -0.1) is 23.2 Å². The monoisotopic (exact) mass is 342 g/mol. The highest BCUT2D eigenvalue weighted by atomic mass is 35.5. The molecule has 0 radical (unpaired) electrons. The topological polar surface area (TPSA) is 0 Å². The second-order valence-corrected chi connectivity index (χ2v) is 9.27. The van der Waals surface area contributed by atoms with Gasteiger partial charge < -0.3 is 0 Å². The maximum absolute atomic E-state index is 6.64. The molecule has 6 heteroatoms. The van der Waals surface area contributed by atoms with E-state index >= 15 is 0 Å². The molecule has 2 fully saturated rings. The van der Waals surface area contributed by atoms with Gasteiger partial charge in [0.25, 0.3) is 0 Å². The van der Waals surface area contributed by atoms with Crippen LogP contribution in [-0.4, -0.2) is 18.9 Å². The lowest BCUT2D eigenvalue weighted by atomic mass is 9.70. The van der Waals surface area contributed by atoms with E-state index in [4.69, 9.17) is 69.6 Å². The minimum Gasteiger partial charge on any atom is -0.121 e. The molecular weight excluding hydrogens is 333 g/mol. The van der Waals surface area contributed by atoms with Crippen LogP contribution in [0.15, 0.2) is 0 Å². The van der Waals surface area contributed by atoms with Crippen molar-refractivity contribution in [3.63, 3.8) is 0 Å². The molecule has 0 aromatic rings. The van der Waals surface area contributed by atoms with Gasteiger partial charge in [-0.2, -0.15) is 0 Å². The van der Waals surface area contributed by atoms with Gasteiger partial charge in [0.15, 0.2) is 8.67 Å². The average Bonchev–Trinajstić information content (AvgIpc) is 2.28. The summed E-state index contributed by atoms with van der Waals surface area (Å²) in [5, 5.41) is -0.352. The maximum Gasteiger partial charge on any atom is 0.172 e. The molecule has 0 heterocycles. The van der Waals surface area contributed by atoms with Gasteiger partial charge in [-0.1, -0.05) is 67.2 Å². The zero-order valence-corrected chi connectivity index (χ0v) is 13.6. The fraction of sp³-hybridized carbons (Fsp3) is 1.00. The molecule has 2 bridgehead atoms. The molecule has 16 heavy (non-hydrogen) atoms. The molecule has 2 rings (SSSR count). The van der Waals surface area contributed by atoms with Gasteiger partial charge in [0.2, 0.25) is 0 Å². The minimum absolute atomic E-state index is 0.352. The highest BCUT2D eigenvalue weighted by Crippen LogP contribution is 2.83. The molecule has 2 aliphatic carbocycles. The first-order valence-corrected chi connectivity index (χ1v) is 7.29. The number of fused-ring (bicyclic) bond motifs is 2. The Bertz CT molecular complexity index is 339. The minimum atomic E-state index is -1.48. The highest BCUT2D eigenvalue weighted by Gasteiger charge is 2.88. The van der Waals surface area contributed by atoms with Crippen molar-refractivity contribution in [2.24, 2.45) is 10.8 Å². The standard InChI is InChI=1S/C10H12Cl6/c1-6(2)7(3)4-5(11)8(6,12)10(15,16)9(7,13)14/h5H,4H2,1-3H3. The van der Waals surface area contributed by atoms with Crippen LogP contribution < -0.4 is 0 Å². The lowest BCUT2D eigenvalue weighted by Gasteiger charge is -2.46. The first-order chi connectivity index (χ1) is 6.88. The van der Waals surface area contributed by atoms with E-state index in [9.17, 15) is 0 Å². The van der Waals surface area contributed by atoms with Gasteiger partial charge in [-0.3, -0.25) is 0 Å². The van der Waals surface area contributed by atoms with Crippen molar-refractivity contribution in [1.29, 1.82) is 0 Å². The first kappa shape index (κ1) is 14.2. The smallest absolute Gasteiger partial charge is 0.121 e. The normalized spacial score (nSPS) is 51.9. The first-order valence-electron chi connectivity index (χ1n) is 4.96. The van der Waals surface area contributed by atoms with Crippen LogP contribution in [-0.2, 0) is 0 Å². The Hall–Kier alpha value is 1.74. The van der Waals surface area contributed by atoms with Gasteiger partial charge in [-0.25, -0.2) is 0 Å². The molecule has 0 aromatic heterocycles. The Morgan fingerprint density at radius 2 is 1.31 bits per heavy atom. The van der Waals surface area contributed by atoms with Gasteiger partial charge in [0.05, 0.1) is 5.38 Å². The molecule has 0 amide bonds. The third-order valence-corrected chi connectivity index (χ3v) is 9.61. The maximum atomic E-state index is 6.64. The van der Waals surface area contributed by atoms with Crippen molar-refractivity contribution in [2.75, 3.05) is 0 Å². The third kappa shape index (κ3) is 1.03. The van der Waals surface area contributed by atoms with E-state index in [1.807, 2.05) is 20.8 Å². The van der Waals surface area contributed by atoms with E-state index in [2.05, 4.69) is 0 Å².